The van der Waals surface area contributed by atoms with Crippen LogP contribution in [-0.2, 0) is 4.79 Å². The number of carbonyl (C=O) groups is 1. The second-order valence-electron chi connectivity index (χ2n) is 6.32. The number of aliphatic hydroxyl groups excluding tert-OH is 1. The zero-order valence-corrected chi connectivity index (χ0v) is 14.2. The van der Waals surface area contributed by atoms with Crippen molar-refractivity contribution in [1.82, 2.24) is 0 Å². The van der Waals surface area contributed by atoms with Gasteiger partial charge in [0, 0.05) is 6.42 Å². The molecule has 0 saturated heterocycles. The fourth-order valence-electron chi connectivity index (χ4n) is 2.93. The molecule has 0 aliphatic heterocycles. The number of hydrogen-bond donors (Lipinski definition) is 1. The lowest BCUT2D eigenvalue weighted by molar-refractivity contribution is -0.931. The summed E-state index contributed by atoms with van der Waals surface area (Å²) >= 11 is 0. The Hall–Kier alpha value is -0.410. The molecule has 0 spiro atoms. The Labute approximate surface area is 126 Å². The molecular formula is C17H36NO2+. The molecule has 0 aromatic heterocycles. The Bertz CT molecular complexity index is 232. The van der Waals surface area contributed by atoms with Gasteiger partial charge in [-0.2, -0.15) is 0 Å². The summed E-state index contributed by atoms with van der Waals surface area (Å²) < 4.78 is 1.00. The van der Waals surface area contributed by atoms with Crippen LogP contribution < -0.4 is 0 Å². The third-order valence-electron chi connectivity index (χ3n) is 4.08. The first kappa shape index (κ1) is 19.6. The fourth-order valence-corrected chi connectivity index (χ4v) is 2.93. The van der Waals surface area contributed by atoms with Crippen molar-refractivity contribution in [2.75, 3.05) is 26.2 Å². The maximum atomic E-state index is 11.2. The molecule has 0 aliphatic rings. The first-order valence-electron chi connectivity index (χ1n) is 8.52. The van der Waals surface area contributed by atoms with E-state index in [1.807, 2.05) is 0 Å². The fraction of sp³-hybridized carbons (Fsp3) is 0.941. The van der Waals surface area contributed by atoms with E-state index < -0.39 is 6.10 Å². The van der Waals surface area contributed by atoms with Gasteiger partial charge in [-0.05, 0) is 26.2 Å². The van der Waals surface area contributed by atoms with Gasteiger partial charge in [-0.15, -0.1) is 0 Å². The zero-order chi connectivity index (χ0) is 15.4. The summed E-state index contributed by atoms with van der Waals surface area (Å²) in [7, 11) is 0. The van der Waals surface area contributed by atoms with Gasteiger partial charge in [0.15, 0.2) is 0 Å². The molecule has 1 N–H and O–H groups in total. The lowest BCUT2D eigenvalue weighted by Gasteiger charge is -2.40. The van der Waals surface area contributed by atoms with Gasteiger partial charge in [0.2, 0.25) is 0 Å². The molecule has 1 atom stereocenters. The standard InChI is InChI=1S/C17H36NO2/c1-5-8-11-18(12-9-6-2,13-10-7-3)15-17(20)14-16(4)19/h17,20H,5-15H2,1-4H3/q+1. The Morgan fingerprint density at radius 3 is 1.65 bits per heavy atom. The van der Waals surface area contributed by atoms with E-state index in [1.54, 1.807) is 6.92 Å². The summed E-state index contributed by atoms with van der Waals surface area (Å²) in [6, 6.07) is 0. The van der Waals surface area contributed by atoms with E-state index in [2.05, 4.69) is 20.8 Å². The monoisotopic (exact) mass is 286 g/mol. The predicted molar refractivity (Wildman–Crippen MR) is 85.8 cm³/mol. The van der Waals surface area contributed by atoms with Crippen LogP contribution in [0.2, 0.25) is 0 Å². The Morgan fingerprint density at radius 2 is 1.35 bits per heavy atom. The minimum atomic E-state index is -0.474. The third kappa shape index (κ3) is 8.70. The van der Waals surface area contributed by atoms with Gasteiger partial charge >= 0.3 is 0 Å². The molecule has 0 heterocycles. The van der Waals surface area contributed by atoms with Crippen molar-refractivity contribution in [2.45, 2.75) is 78.7 Å². The second kappa shape index (κ2) is 11.3. The normalized spacial score (nSPS) is 13.4. The van der Waals surface area contributed by atoms with E-state index in [1.165, 1.54) is 38.5 Å². The highest BCUT2D eigenvalue weighted by atomic mass is 16.3. The minimum Gasteiger partial charge on any atom is -0.387 e. The van der Waals surface area contributed by atoms with Crippen LogP contribution in [-0.4, -0.2) is 47.7 Å². The van der Waals surface area contributed by atoms with Gasteiger partial charge in [-0.25, -0.2) is 0 Å². The highest BCUT2D eigenvalue weighted by Crippen LogP contribution is 2.17. The molecule has 0 rings (SSSR count). The number of aliphatic hydroxyl groups is 1. The predicted octanol–water partition coefficient (Wildman–Crippen LogP) is 3.54. The number of quaternary nitrogens is 1. The van der Waals surface area contributed by atoms with Crippen LogP contribution in [0.25, 0.3) is 0 Å². The second-order valence-corrected chi connectivity index (χ2v) is 6.32. The van der Waals surface area contributed by atoms with Gasteiger partial charge in [0.1, 0.15) is 18.4 Å². The Kier molecular flexibility index (Phi) is 11.0. The average Bonchev–Trinajstić information content (AvgIpc) is 2.39. The van der Waals surface area contributed by atoms with Crippen molar-refractivity contribution >= 4 is 5.78 Å². The zero-order valence-electron chi connectivity index (χ0n) is 14.2. The summed E-state index contributed by atoms with van der Waals surface area (Å²) in [5.74, 6) is 0.0945. The molecule has 0 bridgehead atoms. The summed E-state index contributed by atoms with van der Waals surface area (Å²) in [5, 5.41) is 10.2. The van der Waals surface area contributed by atoms with Crippen LogP contribution in [0.15, 0.2) is 0 Å². The number of carbonyl (C=O) groups excluding carboxylic acids is 1. The molecule has 0 amide bonds. The molecule has 3 nitrogen and oxygen atoms in total. The molecule has 0 radical (unpaired) electrons. The van der Waals surface area contributed by atoms with E-state index in [4.69, 9.17) is 0 Å². The largest absolute Gasteiger partial charge is 0.387 e. The van der Waals surface area contributed by atoms with Gasteiger partial charge < -0.3 is 9.59 Å². The summed E-state index contributed by atoms with van der Waals surface area (Å²) in [5.41, 5.74) is 0. The molecule has 1 unspecified atom stereocenters. The molecule has 120 valence electrons. The summed E-state index contributed by atoms with van der Waals surface area (Å²) in [6.45, 7) is 12.4. The number of hydrogen-bond acceptors (Lipinski definition) is 2. The minimum absolute atomic E-state index is 0.0945. The number of ketones is 1. The summed E-state index contributed by atoms with van der Waals surface area (Å²) in [6.07, 6.45) is 7.05. The maximum Gasteiger partial charge on any atom is 0.132 e. The molecule has 3 heteroatoms. The molecule has 0 aliphatic carbocycles. The SMILES string of the molecule is CCCC[N+](CCCC)(CCCC)CC(O)CC(C)=O. The number of Topliss-reactive ketones (excluding diaryl/α,β-unsaturated/α-hetero) is 1. The summed E-state index contributed by atoms with van der Waals surface area (Å²) in [4.78, 5) is 11.2. The van der Waals surface area contributed by atoms with E-state index in [9.17, 15) is 9.90 Å². The lowest BCUT2D eigenvalue weighted by atomic mass is 10.1. The molecule has 0 aromatic carbocycles. The molecule has 0 aromatic rings. The van der Waals surface area contributed by atoms with Crippen LogP contribution in [0, 0.1) is 0 Å². The van der Waals surface area contributed by atoms with Crippen molar-refractivity contribution in [3.8, 4) is 0 Å². The lowest BCUT2D eigenvalue weighted by Crippen LogP contribution is -2.54. The van der Waals surface area contributed by atoms with Crippen LogP contribution in [0.3, 0.4) is 0 Å². The van der Waals surface area contributed by atoms with E-state index in [0.29, 0.717) is 6.42 Å². The van der Waals surface area contributed by atoms with Crippen molar-refractivity contribution in [1.29, 1.82) is 0 Å². The van der Waals surface area contributed by atoms with Crippen LogP contribution in [0.1, 0.15) is 72.6 Å². The van der Waals surface area contributed by atoms with Crippen LogP contribution >= 0.6 is 0 Å². The third-order valence-corrected chi connectivity index (χ3v) is 4.08. The molecular weight excluding hydrogens is 250 g/mol. The molecule has 20 heavy (non-hydrogen) atoms. The van der Waals surface area contributed by atoms with E-state index >= 15 is 0 Å². The first-order chi connectivity index (χ1) is 9.49. The topological polar surface area (TPSA) is 37.3 Å². The van der Waals surface area contributed by atoms with Crippen molar-refractivity contribution in [2.24, 2.45) is 0 Å². The first-order valence-corrected chi connectivity index (χ1v) is 8.52. The maximum absolute atomic E-state index is 11.2. The Morgan fingerprint density at radius 1 is 0.950 bits per heavy atom. The number of nitrogens with zero attached hydrogens (tertiary/aromatic N) is 1. The van der Waals surface area contributed by atoms with Gasteiger partial charge in [-0.1, -0.05) is 40.0 Å². The molecule has 0 fully saturated rings. The van der Waals surface area contributed by atoms with Crippen molar-refractivity contribution in [3.05, 3.63) is 0 Å². The number of unbranched alkanes of at least 4 members (excludes halogenated alkanes) is 3. The Balaban J connectivity index is 4.77. The number of rotatable bonds is 13. The smallest absolute Gasteiger partial charge is 0.132 e. The van der Waals surface area contributed by atoms with Gasteiger partial charge in [0.25, 0.3) is 0 Å². The van der Waals surface area contributed by atoms with E-state index in [0.717, 1.165) is 30.7 Å². The van der Waals surface area contributed by atoms with Gasteiger partial charge in [-0.3, -0.25) is 4.79 Å². The quantitative estimate of drug-likeness (QED) is 0.526. The van der Waals surface area contributed by atoms with E-state index in [-0.39, 0.29) is 5.78 Å². The van der Waals surface area contributed by atoms with Crippen LogP contribution in [0.5, 0.6) is 0 Å². The van der Waals surface area contributed by atoms with Gasteiger partial charge in [0.05, 0.1) is 19.6 Å². The highest BCUT2D eigenvalue weighted by Gasteiger charge is 2.29. The van der Waals surface area contributed by atoms with Crippen molar-refractivity contribution < 1.29 is 14.4 Å². The highest BCUT2D eigenvalue weighted by molar-refractivity contribution is 5.75. The van der Waals surface area contributed by atoms with Crippen LogP contribution in [0.4, 0.5) is 0 Å². The van der Waals surface area contributed by atoms with Crippen molar-refractivity contribution in [3.63, 3.8) is 0 Å². The average molecular weight is 286 g/mol. The molecule has 0 saturated carbocycles.